The van der Waals surface area contributed by atoms with E-state index >= 15 is 0 Å². The predicted octanol–water partition coefficient (Wildman–Crippen LogP) is 8.57. The second kappa shape index (κ2) is 29.2. The molecule has 0 fully saturated rings. The standard InChI is InChI=1S/C37H67NO7/c1-6-8-10-12-14-16-17-18-20-22-24-26-28-36(40)45-33(31-43-30-29-34(37(41)42)38(3,4)5)32-44-35(39)27-25-23-21-19-15-13-11-9-7-2/h9,11,15,19,33-34H,6-8,10,12-14,16-18,20-32H2,1-5H3/p+1/b11-9+,19-15+. The predicted molar refractivity (Wildman–Crippen MR) is 183 cm³/mol. The lowest BCUT2D eigenvalue weighted by Crippen LogP contribution is -2.50. The van der Waals surface area contributed by atoms with Crippen LogP contribution in [0.2, 0.25) is 0 Å². The number of nitrogens with zero attached hydrogens (tertiary/aromatic N) is 1. The van der Waals surface area contributed by atoms with Crippen LogP contribution in [0, 0.1) is 0 Å². The Morgan fingerprint density at radius 1 is 0.689 bits per heavy atom. The van der Waals surface area contributed by atoms with Crippen molar-refractivity contribution >= 4 is 17.9 Å². The molecule has 0 aliphatic rings. The third-order valence-corrected chi connectivity index (χ3v) is 7.87. The molecule has 1 N–H and O–H groups in total. The van der Waals surface area contributed by atoms with Crippen molar-refractivity contribution in [3.8, 4) is 0 Å². The van der Waals surface area contributed by atoms with E-state index in [1.807, 2.05) is 21.1 Å². The molecule has 0 saturated carbocycles. The summed E-state index contributed by atoms with van der Waals surface area (Å²) in [6.07, 6.45) is 28.0. The average Bonchev–Trinajstić information content (AvgIpc) is 2.98. The minimum atomic E-state index is -0.880. The zero-order valence-electron chi connectivity index (χ0n) is 29.6. The van der Waals surface area contributed by atoms with Gasteiger partial charge in [-0.2, -0.15) is 0 Å². The Morgan fingerprint density at radius 2 is 1.24 bits per heavy atom. The summed E-state index contributed by atoms with van der Waals surface area (Å²) in [6, 6.07) is -0.614. The highest BCUT2D eigenvalue weighted by Crippen LogP contribution is 2.14. The number of carbonyl (C=O) groups excluding carboxylic acids is 2. The van der Waals surface area contributed by atoms with Gasteiger partial charge in [-0.25, -0.2) is 4.79 Å². The summed E-state index contributed by atoms with van der Waals surface area (Å²) >= 11 is 0. The zero-order chi connectivity index (χ0) is 33.6. The smallest absolute Gasteiger partial charge is 0.362 e. The molecule has 0 saturated heterocycles. The van der Waals surface area contributed by atoms with Crippen LogP contribution in [0.15, 0.2) is 24.3 Å². The van der Waals surface area contributed by atoms with E-state index in [0.717, 1.165) is 51.4 Å². The van der Waals surface area contributed by atoms with Gasteiger partial charge in [0.25, 0.3) is 0 Å². The summed E-state index contributed by atoms with van der Waals surface area (Å²) in [7, 11) is 5.50. The first-order valence-corrected chi connectivity index (χ1v) is 17.9. The van der Waals surface area contributed by atoms with Crippen LogP contribution in [0.4, 0.5) is 0 Å². The molecule has 0 aromatic carbocycles. The maximum atomic E-state index is 12.6. The van der Waals surface area contributed by atoms with Crippen LogP contribution >= 0.6 is 0 Å². The van der Waals surface area contributed by atoms with Gasteiger partial charge in [-0.3, -0.25) is 9.59 Å². The fourth-order valence-electron chi connectivity index (χ4n) is 5.07. The lowest BCUT2D eigenvalue weighted by molar-refractivity contribution is -0.887. The molecule has 262 valence electrons. The molecule has 8 nitrogen and oxygen atoms in total. The van der Waals surface area contributed by atoms with Crippen LogP contribution in [-0.2, 0) is 28.6 Å². The number of rotatable bonds is 31. The number of esters is 2. The Labute approximate surface area is 275 Å². The number of unbranched alkanes of at least 4 members (excludes halogenated alkanes) is 13. The molecule has 0 heterocycles. The van der Waals surface area contributed by atoms with Crippen LogP contribution < -0.4 is 0 Å². The molecule has 2 unspecified atom stereocenters. The average molecular weight is 639 g/mol. The van der Waals surface area contributed by atoms with Crippen LogP contribution in [-0.4, -0.2) is 80.6 Å². The van der Waals surface area contributed by atoms with Crippen molar-refractivity contribution in [3.05, 3.63) is 24.3 Å². The topological polar surface area (TPSA) is 99.1 Å². The lowest BCUT2D eigenvalue weighted by atomic mass is 10.0. The number of quaternary nitrogens is 1. The van der Waals surface area contributed by atoms with Gasteiger partial charge in [0.2, 0.25) is 0 Å². The first-order valence-electron chi connectivity index (χ1n) is 17.9. The van der Waals surface area contributed by atoms with Crippen LogP contribution in [0.25, 0.3) is 0 Å². The van der Waals surface area contributed by atoms with E-state index in [1.54, 1.807) is 0 Å². The summed E-state index contributed by atoms with van der Waals surface area (Å²) in [6.45, 7) is 4.55. The van der Waals surface area contributed by atoms with Gasteiger partial charge >= 0.3 is 17.9 Å². The number of likely N-dealkylation sites (N-methyl/N-ethyl adjacent to an activating group) is 1. The molecule has 0 aromatic heterocycles. The Balaban J connectivity index is 4.48. The summed E-state index contributed by atoms with van der Waals surface area (Å²) in [5.74, 6) is -1.51. The van der Waals surface area contributed by atoms with E-state index in [-0.39, 0.29) is 36.2 Å². The van der Waals surface area contributed by atoms with E-state index < -0.39 is 18.1 Å². The van der Waals surface area contributed by atoms with E-state index in [2.05, 4.69) is 38.2 Å². The molecular weight excluding hydrogens is 570 g/mol. The summed E-state index contributed by atoms with van der Waals surface area (Å²) in [5, 5.41) is 9.55. The number of ether oxygens (including phenoxy) is 3. The molecule has 0 spiro atoms. The Hall–Kier alpha value is -2.19. The highest BCUT2D eigenvalue weighted by Gasteiger charge is 2.31. The Kier molecular flexibility index (Phi) is 27.8. The molecule has 0 amide bonds. The number of aliphatic carboxylic acids is 1. The maximum Gasteiger partial charge on any atom is 0.362 e. The van der Waals surface area contributed by atoms with Gasteiger partial charge in [0.05, 0.1) is 34.4 Å². The lowest BCUT2D eigenvalue weighted by Gasteiger charge is -2.31. The van der Waals surface area contributed by atoms with Crippen molar-refractivity contribution in [2.75, 3.05) is 41.0 Å². The van der Waals surface area contributed by atoms with Crippen molar-refractivity contribution < 1.29 is 38.2 Å². The van der Waals surface area contributed by atoms with Crippen molar-refractivity contribution in [1.82, 2.24) is 0 Å². The fourth-order valence-corrected chi connectivity index (χ4v) is 5.07. The molecule has 8 heteroatoms. The molecule has 45 heavy (non-hydrogen) atoms. The number of hydrogen-bond donors (Lipinski definition) is 1. The first-order chi connectivity index (χ1) is 21.6. The Bertz CT molecular complexity index is 803. The normalized spacial score (nSPS) is 13.4. The summed E-state index contributed by atoms with van der Waals surface area (Å²) in [5.41, 5.74) is 0. The minimum absolute atomic E-state index is 0.0538. The maximum absolute atomic E-state index is 12.6. The molecule has 0 radical (unpaired) electrons. The third-order valence-electron chi connectivity index (χ3n) is 7.87. The van der Waals surface area contributed by atoms with Gasteiger partial charge < -0.3 is 23.8 Å². The summed E-state index contributed by atoms with van der Waals surface area (Å²) < 4.78 is 17.1. The third kappa shape index (κ3) is 27.8. The van der Waals surface area contributed by atoms with Gasteiger partial charge in [-0.05, 0) is 38.5 Å². The van der Waals surface area contributed by atoms with E-state index in [1.165, 1.54) is 57.8 Å². The second-order valence-corrected chi connectivity index (χ2v) is 13.1. The number of carboxylic acid groups (broad SMARTS) is 1. The number of hydrogen-bond acceptors (Lipinski definition) is 6. The molecular formula is C37H68NO7+. The monoisotopic (exact) mass is 638 g/mol. The van der Waals surface area contributed by atoms with E-state index in [4.69, 9.17) is 14.2 Å². The first kappa shape index (κ1) is 42.8. The number of allylic oxidation sites excluding steroid dienone is 4. The van der Waals surface area contributed by atoms with Gasteiger partial charge in [-0.1, -0.05) is 109 Å². The van der Waals surface area contributed by atoms with E-state index in [9.17, 15) is 19.5 Å². The van der Waals surface area contributed by atoms with Gasteiger partial charge in [0.15, 0.2) is 12.1 Å². The molecule has 0 rings (SSSR count). The highest BCUT2D eigenvalue weighted by molar-refractivity contribution is 5.72. The van der Waals surface area contributed by atoms with Crippen molar-refractivity contribution in [3.63, 3.8) is 0 Å². The fraction of sp³-hybridized carbons (Fsp3) is 0.811. The van der Waals surface area contributed by atoms with E-state index in [0.29, 0.717) is 19.3 Å². The molecule has 0 aliphatic heterocycles. The van der Waals surface area contributed by atoms with Gasteiger partial charge in [0.1, 0.15) is 6.61 Å². The second-order valence-electron chi connectivity index (χ2n) is 13.1. The molecule has 0 aliphatic carbocycles. The SMILES string of the molecule is CC/C=C/C/C=C/CCCCC(=O)OCC(COCCC(C(=O)O)[N+](C)(C)C)OC(=O)CCCCCCCCCCCCCC. The van der Waals surface area contributed by atoms with Crippen LogP contribution in [0.5, 0.6) is 0 Å². The molecule has 2 atom stereocenters. The van der Waals surface area contributed by atoms with Crippen molar-refractivity contribution in [2.24, 2.45) is 0 Å². The largest absolute Gasteiger partial charge is 0.477 e. The molecule has 0 aromatic rings. The minimum Gasteiger partial charge on any atom is -0.477 e. The Morgan fingerprint density at radius 3 is 1.82 bits per heavy atom. The van der Waals surface area contributed by atoms with Crippen LogP contribution in [0.1, 0.15) is 142 Å². The highest BCUT2D eigenvalue weighted by atomic mass is 16.6. The van der Waals surface area contributed by atoms with Crippen molar-refractivity contribution in [2.45, 2.75) is 154 Å². The summed E-state index contributed by atoms with van der Waals surface area (Å²) in [4.78, 5) is 36.6. The number of carbonyl (C=O) groups is 3. The van der Waals surface area contributed by atoms with Crippen molar-refractivity contribution in [1.29, 1.82) is 0 Å². The number of carboxylic acids is 1. The van der Waals surface area contributed by atoms with Gasteiger partial charge in [0, 0.05) is 19.3 Å². The molecule has 0 bridgehead atoms. The van der Waals surface area contributed by atoms with Gasteiger partial charge in [-0.15, -0.1) is 0 Å². The van der Waals surface area contributed by atoms with Crippen LogP contribution in [0.3, 0.4) is 0 Å². The zero-order valence-corrected chi connectivity index (χ0v) is 29.6. The quantitative estimate of drug-likeness (QED) is 0.0351.